The van der Waals surface area contributed by atoms with Crippen molar-refractivity contribution in [2.75, 3.05) is 6.61 Å². The lowest BCUT2D eigenvalue weighted by Gasteiger charge is -2.12. The number of rotatable bonds is 5. The number of thiocarbonyl (C=S) groups is 1. The molecule has 0 bridgehead atoms. The van der Waals surface area contributed by atoms with Gasteiger partial charge in [0, 0.05) is 5.56 Å². The molecule has 2 aromatic rings. The van der Waals surface area contributed by atoms with E-state index in [4.69, 9.17) is 17.0 Å². The van der Waals surface area contributed by atoms with E-state index in [9.17, 15) is 9.59 Å². The van der Waals surface area contributed by atoms with Crippen LogP contribution in [0.2, 0.25) is 0 Å². The molecule has 7 heteroatoms. The molecule has 142 valence electrons. The molecule has 2 rings (SSSR count). The molecule has 0 unspecified atom stereocenters. The molecule has 0 saturated heterocycles. The molecular weight excluding hydrogens is 362 g/mol. The van der Waals surface area contributed by atoms with E-state index in [-0.39, 0.29) is 17.6 Å². The fourth-order valence-corrected chi connectivity index (χ4v) is 2.32. The van der Waals surface area contributed by atoms with Gasteiger partial charge < -0.3 is 4.74 Å². The Labute approximate surface area is 164 Å². The number of ether oxygens (including phenoxy) is 1. The van der Waals surface area contributed by atoms with Gasteiger partial charge in [-0.25, -0.2) is 0 Å². The number of hydrazine groups is 1. The van der Waals surface area contributed by atoms with Crippen molar-refractivity contribution in [1.29, 1.82) is 0 Å². The number of carbonyl (C=O) groups excluding carboxylic acids is 2. The molecule has 6 nitrogen and oxygen atoms in total. The summed E-state index contributed by atoms with van der Waals surface area (Å²) < 4.78 is 5.41. The maximum Gasteiger partial charge on any atom is 0.276 e. The van der Waals surface area contributed by atoms with Crippen molar-refractivity contribution in [3.8, 4) is 5.75 Å². The first kappa shape index (κ1) is 20.4. The number of carbonyl (C=O) groups is 2. The molecule has 0 aliphatic carbocycles. The summed E-state index contributed by atoms with van der Waals surface area (Å²) in [6.07, 6.45) is 0. The van der Waals surface area contributed by atoms with Crippen LogP contribution in [0.1, 0.15) is 41.3 Å². The number of benzene rings is 2. The van der Waals surface area contributed by atoms with E-state index >= 15 is 0 Å². The fourth-order valence-electron chi connectivity index (χ4n) is 2.17. The molecular formula is C20H23N3O3S. The normalized spacial score (nSPS) is 10.2. The van der Waals surface area contributed by atoms with Gasteiger partial charge in [0.2, 0.25) is 0 Å². The van der Waals surface area contributed by atoms with Crippen LogP contribution in [0.25, 0.3) is 0 Å². The van der Waals surface area contributed by atoms with Gasteiger partial charge in [0.1, 0.15) is 5.75 Å². The van der Waals surface area contributed by atoms with Gasteiger partial charge in [-0.15, -0.1) is 0 Å². The summed E-state index contributed by atoms with van der Waals surface area (Å²) in [4.78, 5) is 23.8. The van der Waals surface area contributed by atoms with Gasteiger partial charge in [0.25, 0.3) is 11.8 Å². The van der Waals surface area contributed by atoms with Gasteiger partial charge in [-0.05, 0) is 54.9 Å². The van der Waals surface area contributed by atoms with Crippen LogP contribution in [0, 0.1) is 6.92 Å². The molecule has 0 spiro atoms. The van der Waals surface area contributed by atoms with E-state index in [2.05, 4.69) is 30.0 Å². The zero-order valence-corrected chi connectivity index (χ0v) is 16.4. The van der Waals surface area contributed by atoms with Gasteiger partial charge >= 0.3 is 0 Å². The highest BCUT2D eigenvalue weighted by Crippen LogP contribution is 2.18. The van der Waals surface area contributed by atoms with Crippen molar-refractivity contribution >= 4 is 29.1 Å². The lowest BCUT2D eigenvalue weighted by atomic mass is 10.0. The minimum atomic E-state index is -0.421. The van der Waals surface area contributed by atoms with Crippen molar-refractivity contribution in [2.45, 2.75) is 26.7 Å². The maximum absolute atomic E-state index is 12.0. The Hall–Kier alpha value is -2.93. The first-order chi connectivity index (χ1) is 12.8. The molecule has 2 aromatic carbocycles. The second kappa shape index (κ2) is 9.68. The zero-order chi connectivity index (χ0) is 19.8. The summed E-state index contributed by atoms with van der Waals surface area (Å²) >= 11 is 4.99. The van der Waals surface area contributed by atoms with Crippen molar-refractivity contribution in [1.82, 2.24) is 16.2 Å². The predicted octanol–water partition coefficient (Wildman–Crippen LogP) is 2.83. The standard InChI is InChI=1S/C20H23N3O3S/c1-13(2)15-8-10-17(11-9-15)26-12-18(24)22-23-20(27)21-19(25)16-6-4-14(3)5-7-16/h4-11,13H,12H2,1-3H3,(H,22,24)(H2,21,23,25,27). The number of hydrogen-bond donors (Lipinski definition) is 3. The molecule has 0 heterocycles. The molecule has 0 aromatic heterocycles. The molecule has 0 atom stereocenters. The largest absolute Gasteiger partial charge is 0.484 e. The van der Waals surface area contributed by atoms with Crippen molar-refractivity contribution < 1.29 is 14.3 Å². The van der Waals surface area contributed by atoms with Crippen LogP contribution in [-0.4, -0.2) is 23.5 Å². The van der Waals surface area contributed by atoms with Crippen LogP contribution >= 0.6 is 12.2 Å². The summed E-state index contributed by atoms with van der Waals surface area (Å²) in [5.74, 6) is 0.255. The lowest BCUT2D eigenvalue weighted by molar-refractivity contribution is -0.123. The molecule has 0 radical (unpaired) electrons. The zero-order valence-electron chi connectivity index (χ0n) is 15.5. The topological polar surface area (TPSA) is 79.5 Å². The van der Waals surface area contributed by atoms with E-state index in [1.807, 2.05) is 43.3 Å². The van der Waals surface area contributed by atoms with Crippen LogP contribution in [0.5, 0.6) is 5.75 Å². The van der Waals surface area contributed by atoms with Crippen LogP contribution in [-0.2, 0) is 4.79 Å². The third-order valence-corrected chi connectivity index (χ3v) is 3.98. The van der Waals surface area contributed by atoms with E-state index in [1.165, 1.54) is 5.56 Å². The average molecular weight is 385 g/mol. The predicted molar refractivity (Wildman–Crippen MR) is 109 cm³/mol. The molecule has 27 heavy (non-hydrogen) atoms. The minimum Gasteiger partial charge on any atom is -0.484 e. The molecule has 0 saturated carbocycles. The average Bonchev–Trinajstić information content (AvgIpc) is 2.65. The highest BCUT2D eigenvalue weighted by Gasteiger charge is 2.09. The third kappa shape index (κ3) is 6.71. The highest BCUT2D eigenvalue weighted by molar-refractivity contribution is 7.80. The second-order valence-corrected chi connectivity index (χ2v) is 6.74. The molecule has 0 aliphatic rings. The molecule has 0 fully saturated rings. The number of hydrogen-bond acceptors (Lipinski definition) is 4. The van der Waals surface area contributed by atoms with Gasteiger partial charge in [-0.2, -0.15) is 0 Å². The van der Waals surface area contributed by atoms with Crippen LogP contribution in [0.3, 0.4) is 0 Å². The SMILES string of the molecule is Cc1ccc(C(=O)NC(=S)NNC(=O)COc2ccc(C(C)C)cc2)cc1. The van der Waals surface area contributed by atoms with Gasteiger partial charge in [0.05, 0.1) is 0 Å². The summed E-state index contributed by atoms with van der Waals surface area (Å²) in [6, 6.07) is 14.6. The first-order valence-corrected chi connectivity index (χ1v) is 8.95. The molecule has 0 aliphatic heterocycles. The Morgan fingerprint density at radius 3 is 2.22 bits per heavy atom. The van der Waals surface area contributed by atoms with E-state index in [1.54, 1.807) is 12.1 Å². The Bertz CT molecular complexity index is 802. The second-order valence-electron chi connectivity index (χ2n) is 6.33. The highest BCUT2D eigenvalue weighted by atomic mass is 32.1. The van der Waals surface area contributed by atoms with Crippen LogP contribution in [0.4, 0.5) is 0 Å². The number of aryl methyl sites for hydroxylation is 1. The first-order valence-electron chi connectivity index (χ1n) is 8.54. The lowest BCUT2D eigenvalue weighted by Crippen LogP contribution is -2.49. The number of amides is 2. The Morgan fingerprint density at radius 2 is 1.63 bits per heavy atom. The van der Waals surface area contributed by atoms with Crippen molar-refractivity contribution in [2.24, 2.45) is 0 Å². The van der Waals surface area contributed by atoms with Crippen LogP contribution < -0.4 is 20.9 Å². The monoisotopic (exact) mass is 385 g/mol. The summed E-state index contributed by atoms with van der Waals surface area (Å²) in [7, 11) is 0. The van der Waals surface area contributed by atoms with Gasteiger partial charge in [-0.1, -0.05) is 43.7 Å². The quantitative estimate of drug-likeness (QED) is 0.545. The van der Waals surface area contributed by atoms with Crippen molar-refractivity contribution in [3.05, 3.63) is 65.2 Å². The number of nitrogens with one attached hydrogen (secondary N) is 3. The van der Waals surface area contributed by atoms with E-state index < -0.39 is 5.91 Å². The Morgan fingerprint density at radius 1 is 1.00 bits per heavy atom. The molecule has 3 N–H and O–H groups in total. The minimum absolute atomic E-state index is 0.00443. The van der Waals surface area contributed by atoms with E-state index in [0.29, 0.717) is 17.2 Å². The maximum atomic E-state index is 12.0. The van der Waals surface area contributed by atoms with E-state index in [0.717, 1.165) is 5.56 Å². The summed E-state index contributed by atoms with van der Waals surface area (Å²) in [6.45, 7) is 5.97. The van der Waals surface area contributed by atoms with Gasteiger partial charge in [0.15, 0.2) is 11.7 Å². The molecule has 2 amide bonds. The Balaban J connectivity index is 1.72. The third-order valence-electron chi connectivity index (χ3n) is 3.77. The van der Waals surface area contributed by atoms with Crippen molar-refractivity contribution in [3.63, 3.8) is 0 Å². The van der Waals surface area contributed by atoms with Gasteiger partial charge in [-0.3, -0.25) is 25.8 Å². The smallest absolute Gasteiger partial charge is 0.276 e. The van der Waals surface area contributed by atoms with Crippen LogP contribution in [0.15, 0.2) is 48.5 Å². The summed E-state index contributed by atoms with van der Waals surface area (Å²) in [5, 5.41) is 2.48. The fraction of sp³-hybridized carbons (Fsp3) is 0.250. The summed E-state index contributed by atoms with van der Waals surface area (Å²) in [5.41, 5.74) is 7.58. The Kier molecular flexibility index (Phi) is 7.31.